The zero-order valence-corrected chi connectivity index (χ0v) is 12.3. The summed E-state index contributed by atoms with van der Waals surface area (Å²) in [5.41, 5.74) is 4.97. The maximum Gasteiger partial charge on any atom is 0.325 e. The monoisotopic (exact) mass is 273 g/mol. The van der Waals surface area contributed by atoms with Gasteiger partial charge in [-0.05, 0) is 40.0 Å². The molecule has 0 amide bonds. The lowest BCUT2D eigenvalue weighted by atomic mass is 9.96. The van der Waals surface area contributed by atoms with Gasteiger partial charge in [-0.25, -0.2) is 0 Å². The van der Waals surface area contributed by atoms with Crippen LogP contribution < -0.4 is 5.73 Å². The molecule has 1 aliphatic rings. The largest absolute Gasteiger partial charge is 0.465 e. The summed E-state index contributed by atoms with van der Waals surface area (Å²) in [7, 11) is 0. The lowest BCUT2D eigenvalue weighted by Crippen LogP contribution is -2.48. The number of esters is 1. The van der Waals surface area contributed by atoms with Crippen molar-refractivity contribution in [3.8, 4) is 0 Å². The Hall–Kier alpha value is -0.650. The molecule has 0 spiro atoms. The molecule has 1 rings (SSSR count). The molecule has 3 atom stereocenters. The van der Waals surface area contributed by atoms with Gasteiger partial charge in [-0.1, -0.05) is 0 Å². The highest BCUT2D eigenvalue weighted by molar-refractivity contribution is 5.80. The molecular formula is C14H27NO4. The molecule has 19 heavy (non-hydrogen) atoms. The predicted octanol–water partition coefficient (Wildman–Crippen LogP) is 1.63. The standard InChI is InChI=1S/C14H27NO4/c1-4-17-13(16)14(3,15)9-11(2)19-10-12-7-5-6-8-18-12/h11-12H,4-10,15H2,1-3H3. The van der Waals surface area contributed by atoms with Gasteiger partial charge < -0.3 is 19.9 Å². The first-order valence-electron chi connectivity index (χ1n) is 7.15. The molecule has 0 aromatic heterocycles. The van der Waals surface area contributed by atoms with Gasteiger partial charge in [0.25, 0.3) is 0 Å². The van der Waals surface area contributed by atoms with Crippen molar-refractivity contribution in [2.75, 3.05) is 19.8 Å². The van der Waals surface area contributed by atoms with E-state index in [2.05, 4.69) is 0 Å². The molecule has 1 aliphatic heterocycles. The second kappa shape index (κ2) is 7.82. The zero-order valence-electron chi connectivity index (χ0n) is 12.3. The van der Waals surface area contributed by atoms with Crippen LogP contribution in [0.15, 0.2) is 0 Å². The number of hydrogen-bond donors (Lipinski definition) is 1. The molecule has 0 bridgehead atoms. The molecule has 1 saturated heterocycles. The molecule has 0 radical (unpaired) electrons. The number of carbonyl (C=O) groups is 1. The number of hydrogen-bond acceptors (Lipinski definition) is 5. The lowest BCUT2D eigenvalue weighted by molar-refractivity contribution is -0.150. The molecule has 5 nitrogen and oxygen atoms in total. The Morgan fingerprint density at radius 2 is 2.26 bits per heavy atom. The topological polar surface area (TPSA) is 70.8 Å². The summed E-state index contributed by atoms with van der Waals surface area (Å²) in [5, 5.41) is 0. The quantitative estimate of drug-likeness (QED) is 0.714. The summed E-state index contributed by atoms with van der Waals surface area (Å²) in [5.74, 6) is -0.376. The van der Waals surface area contributed by atoms with Crippen molar-refractivity contribution < 1.29 is 19.0 Å². The van der Waals surface area contributed by atoms with Crippen LogP contribution in [0.2, 0.25) is 0 Å². The molecule has 0 saturated carbocycles. The smallest absolute Gasteiger partial charge is 0.325 e. The van der Waals surface area contributed by atoms with Gasteiger partial charge in [0.1, 0.15) is 5.54 Å². The fraction of sp³-hybridized carbons (Fsp3) is 0.929. The summed E-state index contributed by atoms with van der Waals surface area (Å²) in [4.78, 5) is 11.7. The number of ether oxygens (including phenoxy) is 3. The van der Waals surface area contributed by atoms with E-state index in [9.17, 15) is 4.79 Å². The van der Waals surface area contributed by atoms with Gasteiger partial charge in [-0.3, -0.25) is 4.79 Å². The van der Waals surface area contributed by atoms with Crippen molar-refractivity contribution >= 4 is 5.97 Å². The van der Waals surface area contributed by atoms with E-state index in [1.807, 2.05) is 6.92 Å². The van der Waals surface area contributed by atoms with Gasteiger partial charge in [0.2, 0.25) is 0 Å². The number of rotatable bonds is 7. The predicted molar refractivity (Wildman–Crippen MR) is 72.8 cm³/mol. The highest BCUT2D eigenvalue weighted by atomic mass is 16.5. The zero-order chi connectivity index (χ0) is 14.3. The van der Waals surface area contributed by atoms with E-state index in [0.29, 0.717) is 19.6 Å². The molecule has 112 valence electrons. The van der Waals surface area contributed by atoms with Crippen LogP contribution in [-0.4, -0.2) is 43.5 Å². The molecule has 0 aromatic carbocycles. The van der Waals surface area contributed by atoms with Gasteiger partial charge in [-0.2, -0.15) is 0 Å². The van der Waals surface area contributed by atoms with Crippen molar-refractivity contribution in [1.82, 2.24) is 0 Å². The molecule has 2 N–H and O–H groups in total. The molecule has 0 aliphatic carbocycles. The molecular weight excluding hydrogens is 246 g/mol. The van der Waals surface area contributed by atoms with Gasteiger partial charge in [0.05, 0.1) is 25.4 Å². The first-order chi connectivity index (χ1) is 8.95. The Morgan fingerprint density at radius 3 is 2.84 bits per heavy atom. The molecule has 3 unspecified atom stereocenters. The average molecular weight is 273 g/mol. The Labute approximate surface area is 115 Å². The van der Waals surface area contributed by atoms with Gasteiger partial charge in [0, 0.05) is 13.0 Å². The van der Waals surface area contributed by atoms with Crippen LogP contribution in [0.5, 0.6) is 0 Å². The van der Waals surface area contributed by atoms with Gasteiger partial charge in [0.15, 0.2) is 0 Å². The maximum absolute atomic E-state index is 11.7. The van der Waals surface area contributed by atoms with Crippen LogP contribution in [0.25, 0.3) is 0 Å². The lowest BCUT2D eigenvalue weighted by Gasteiger charge is -2.28. The first kappa shape index (κ1) is 16.4. The minimum Gasteiger partial charge on any atom is -0.465 e. The van der Waals surface area contributed by atoms with Crippen LogP contribution in [0, 0.1) is 0 Å². The Bertz CT molecular complexity index is 275. The van der Waals surface area contributed by atoms with Crippen LogP contribution in [-0.2, 0) is 19.0 Å². The summed E-state index contributed by atoms with van der Waals surface area (Å²) in [6.07, 6.45) is 3.91. The van der Waals surface area contributed by atoms with Crippen molar-refractivity contribution in [1.29, 1.82) is 0 Å². The third-order valence-corrected chi connectivity index (χ3v) is 3.29. The minimum atomic E-state index is -0.997. The molecule has 5 heteroatoms. The van der Waals surface area contributed by atoms with Crippen LogP contribution in [0.1, 0.15) is 46.5 Å². The van der Waals surface area contributed by atoms with Crippen LogP contribution in [0.3, 0.4) is 0 Å². The van der Waals surface area contributed by atoms with Crippen molar-refractivity contribution in [2.45, 2.75) is 64.2 Å². The SMILES string of the molecule is CCOC(=O)C(C)(N)CC(C)OCC1CCCCO1. The Kier molecular flexibility index (Phi) is 6.75. The van der Waals surface area contributed by atoms with E-state index < -0.39 is 5.54 Å². The van der Waals surface area contributed by atoms with Crippen LogP contribution >= 0.6 is 0 Å². The average Bonchev–Trinajstić information content (AvgIpc) is 2.37. The fourth-order valence-electron chi connectivity index (χ4n) is 2.25. The van der Waals surface area contributed by atoms with Gasteiger partial charge in [-0.15, -0.1) is 0 Å². The third kappa shape index (κ3) is 5.89. The molecule has 0 aromatic rings. The summed E-state index contributed by atoms with van der Waals surface area (Å²) >= 11 is 0. The van der Waals surface area contributed by atoms with E-state index in [4.69, 9.17) is 19.9 Å². The summed E-state index contributed by atoms with van der Waals surface area (Å²) < 4.78 is 16.3. The second-order valence-corrected chi connectivity index (χ2v) is 5.47. The highest BCUT2D eigenvalue weighted by Crippen LogP contribution is 2.17. The van der Waals surface area contributed by atoms with E-state index in [0.717, 1.165) is 19.4 Å². The summed E-state index contributed by atoms with van der Waals surface area (Å²) in [6, 6.07) is 0. The molecule has 1 heterocycles. The van der Waals surface area contributed by atoms with Gasteiger partial charge >= 0.3 is 5.97 Å². The molecule has 1 fully saturated rings. The normalized spacial score (nSPS) is 24.5. The van der Waals surface area contributed by atoms with Crippen molar-refractivity contribution in [3.05, 3.63) is 0 Å². The third-order valence-electron chi connectivity index (χ3n) is 3.29. The maximum atomic E-state index is 11.7. The van der Waals surface area contributed by atoms with E-state index >= 15 is 0 Å². The Balaban J connectivity index is 2.28. The van der Waals surface area contributed by atoms with E-state index in [1.165, 1.54) is 6.42 Å². The minimum absolute atomic E-state index is 0.0927. The number of nitrogens with two attached hydrogens (primary N) is 1. The fourth-order valence-corrected chi connectivity index (χ4v) is 2.25. The van der Waals surface area contributed by atoms with E-state index in [-0.39, 0.29) is 18.2 Å². The first-order valence-corrected chi connectivity index (χ1v) is 7.15. The van der Waals surface area contributed by atoms with Crippen molar-refractivity contribution in [2.24, 2.45) is 5.73 Å². The summed E-state index contributed by atoms with van der Waals surface area (Å²) in [6.45, 7) is 7.11. The van der Waals surface area contributed by atoms with E-state index in [1.54, 1.807) is 13.8 Å². The van der Waals surface area contributed by atoms with Crippen molar-refractivity contribution in [3.63, 3.8) is 0 Å². The second-order valence-electron chi connectivity index (χ2n) is 5.47. The highest BCUT2D eigenvalue weighted by Gasteiger charge is 2.32. The Morgan fingerprint density at radius 1 is 1.53 bits per heavy atom. The number of carbonyl (C=O) groups excluding carboxylic acids is 1. The van der Waals surface area contributed by atoms with Crippen LogP contribution in [0.4, 0.5) is 0 Å².